The van der Waals surface area contributed by atoms with Crippen LogP contribution in [0.15, 0.2) is 12.1 Å². The number of nitro groups is 1. The Balaban J connectivity index is 3.14. The highest BCUT2D eigenvalue weighted by atomic mass is 32.2. The second-order valence-electron chi connectivity index (χ2n) is 3.84. The van der Waals surface area contributed by atoms with Crippen LogP contribution in [0.4, 0.5) is 15.8 Å². The Morgan fingerprint density at radius 3 is 2.74 bits per heavy atom. The molecule has 1 unspecified atom stereocenters. The zero-order chi connectivity index (χ0) is 14.6. The average molecular weight is 288 g/mol. The Bertz CT molecular complexity index is 510. The van der Waals surface area contributed by atoms with Gasteiger partial charge in [0.2, 0.25) is 0 Å². The van der Waals surface area contributed by atoms with Gasteiger partial charge in [-0.1, -0.05) is 6.92 Å². The SMILES string of the molecule is CSC(C)CNc1cc(C(=O)O)c(F)cc1[N+](=O)[O-]. The number of hydrogen-bond acceptors (Lipinski definition) is 5. The first-order valence-corrected chi connectivity index (χ1v) is 6.63. The summed E-state index contributed by atoms with van der Waals surface area (Å²) in [4.78, 5) is 20.9. The van der Waals surface area contributed by atoms with Crippen LogP contribution in [0.2, 0.25) is 0 Å². The molecule has 1 rings (SSSR count). The molecule has 0 bridgehead atoms. The molecule has 0 spiro atoms. The van der Waals surface area contributed by atoms with Crippen LogP contribution in [-0.4, -0.2) is 34.0 Å². The van der Waals surface area contributed by atoms with E-state index in [0.717, 1.165) is 6.07 Å². The van der Waals surface area contributed by atoms with E-state index >= 15 is 0 Å². The molecule has 0 aromatic heterocycles. The molecule has 0 aliphatic rings. The summed E-state index contributed by atoms with van der Waals surface area (Å²) in [5, 5.41) is 22.6. The van der Waals surface area contributed by atoms with Crippen LogP contribution in [0.1, 0.15) is 17.3 Å². The van der Waals surface area contributed by atoms with Crippen LogP contribution in [0, 0.1) is 15.9 Å². The molecule has 104 valence electrons. The topological polar surface area (TPSA) is 92.5 Å². The number of benzene rings is 1. The predicted molar refractivity (Wildman–Crippen MR) is 71.5 cm³/mol. The number of nitro benzene ring substituents is 1. The molecule has 0 aliphatic heterocycles. The standard InChI is InChI=1S/C11H13FN2O4S/c1-6(19-2)5-13-9-3-7(11(15)16)8(12)4-10(9)14(17)18/h3-4,6,13H,5H2,1-2H3,(H,15,16). The summed E-state index contributed by atoms with van der Waals surface area (Å²) in [7, 11) is 0. The van der Waals surface area contributed by atoms with Crippen molar-refractivity contribution in [2.45, 2.75) is 12.2 Å². The molecule has 6 nitrogen and oxygen atoms in total. The highest BCUT2D eigenvalue weighted by Crippen LogP contribution is 2.28. The first-order valence-electron chi connectivity index (χ1n) is 5.34. The molecular formula is C11H13FN2O4S. The summed E-state index contributed by atoms with van der Waals surface area (Å²) in [5.74, 6) is -2.59. The number of halogens is 1. The van der Waals surface area contributed by atoms with Crippen molar-refractivity contribution in [2.75, 3.05) is 18.1 Å². The van der Waals surface area contributed by atoms with Crippen LogP contribution in [0.3, 0.4) is 0 Å². The highest BCUT2D eigenvalue weighted by Gasteiger charge is 2.21. The van der Waals surface area contributed by atoms with Gasteiger partial charge < -0.3 is 10.4 Å². The van der Waals surface area contributed by atoms with Crippen molar-refractivity contribution in [3.8, 4) is 0 Å². The molecule has 0 heterocycles. The van der Waals surface area contributed by atoms with Gasteiger partial charge in [-0.15, -0.1) is 0 Å². The smallest absolute Gasteiger partial charge is 0.338 e. The number of anilines is 1. The molecule has 8 heteroatoms. The van der Waals surface area contributed by atoms with Crippen LogP contribution in [0.5, 0.6) is 0 Å². The summed E-state index contributed by atoms with van der Waals surface area (Å²) in [6.45, 7) is 2.32. The Morgan fingerprint density at radius 2 is 2.26 bits per heavy atom. The summed E-state index contributed by atoms with van der Waals surface area (Å²) >= 11 is 1.55. The van der Waals surface area contributed by atoms with E-state index in [0.29, 0.717) is 12.6 Å². The van der Waals surface area contributed by atoms with Gasteiger partial charge in [-0.05, 0) is 12.3 Å². The fourth-order valence-corrected chi connectivity index (χ4v) is 1.61. The highest BCUT2D eigenvalue weighted by molar-refractivity contribution is 7.99. The number of nitrogens with zero attached hydrogens (tertiary/aromatic N) is 1. The summed E-state index contributed by atoms with van der Waals surface area (Å²) in [6, 6.07) is 1.57. The van der Waals surface area contributed by atoms with Crippen LogP contribution in [0.25, 0.3) is 0 Å². The number of thioether (sulfide) groups is 1. The Kier molecular flexibility index (Phi) is 5.11. The number of rotatable bonds is 6. The maximum Gasteiger partial charge on any atom is 0.338 e. The van der Waals surface area contributed by atoms with Crippen LogP contribution in [-0.2, 0) is 0 Å². The normalized spacial score (nSPS) is 11.9. The number of hydrogen-bond donors (Lipinski definition) is 2. The van der Waals surface area contributed by atoms with Gasteiger partial charge in [-0.3, -0.25) is 10.1 Å². The molecular weight excluding hydrogens is 275 g/mol. The summed E-state index contributed by atoms with van der Waals surface area (Å²) in [5.41, 5.74) is -1.06. The third-order valence-electron chi connectivity index (χ3n) is 2.49. The Morgan fingerprint density at radius 1 is 1.63 bits per heavy atom. The first-order chi connectivity index (χ1) is 8.86. The molecule has 0 amide bonds. The molecule has 19 heavy (non-hydrogen) atoms. The monoisotopic (exact) mass is 288 g/mol. The fraction of sp³-hybridized carbons (Fsp3) is 0.364. The van der Waals surface area contributed by atoms with Gasteiger partial charge >= 0.3 is 5.97 Å². The number of carboxylic acids is 1. The van der Waals surface area contributed by atoms with Crippen molar-refractivity contribution >= 4 is 29.1 Å². The fourth-order valence-electron chi connectivity index (χ4n) is 1.36. The maximum absolute atomic E-state index is 13.4. The lowest BCUT2D eigenvalue weighted by Gasteiger charge is -2.12. The van der Waals surface area contributed by atoms with E-state index in [1.807, 2.05) is 13.2 Å². The van der Waals surface area contributed by atoms with Crippen molar-refractivity contribution in [2.24, 2.45) is 0 Å². The van der Waals surface area contributed by atoms with E-state index in [1.165, 1.54) is 0 Å². The molecule has 0 aliphatic carbocycles. The van der Waals surface area contributed by atoms with Crippen LogP contribution < -0.4 is 5.32 Å². The van der Waals surface area contributed by atoms with Crippen LogP contribution >= 0.6 is 11.8 Å². The van der Waals surface area contributed by atoms with E-state index in [9.17, 15) is 19.3 Å². The van der Waals surface area contributed by atoms with E-state index in [2.05, 4.69) is 5.32 Å². The molecule has 1 aromatic carbocycles. The van der Waals surface area contributed by atoms with Gasteiger partial charge in [0.25, 0.3) is 5.69 Å². The number of aromatic carboxylic acids is 1. The quantitative estimate of drug-likeness (QED) is 0.617. The Hall–Kier alpha value is -1.83. The lowest BCUT2D eigenvalue weighted by molar-refractivity contribution is -0.384. The molecule has 2 N–H and O–H groups in total. The number of carbonyl (C=O) groups is 1. The number of nitrogens with one attached hydrogen (secondary N) is 1. The van der Waals surface area contributed by atoms with Crippen molar-refractivity contribution in [3.63, 3.8) is 0 Å². The minimum atomic E-state index is -1.46. The second-order valence-corrected chi connectivity index (χ2v) is 5.11. The summed E-state index contributed by atoms with van der Waals surface area (Å²) in [6.07, 6.45) is 1.88. The molecule has 0 saturated carbocycles. The summed E-state index contributed by atoms with van der Waals surface area (Å²) < 4.78 is 13.4. The van der Waals surface area contributed by atoms with Gasteiger partial charge in [0.1, 0.15) is 11.5 Å². The minimum Gasteiger partial charge on any atom is -0.478 e. The largest absolute Gasteiger partial charge is 0.478 e. The third-order valence-corrected chi connectivity index (χ3v) is 3.47. The van der Waals surface area contributed by atoms with Gasteiger partial charge in [-0.25, -0.2) is 9.18 Å². The third kappa shape index (κ3) is 3.82. The molecule has 0 radical (unpaired) electrons. The number of carboxylic acid groups (broad SMARTS) is 1. The van der Waals surface area contributed by atoms with Crippen molar-refractivity contribution in [1.29, 1.82) is 0 Å². The van der Waals surface area contributed by atoms with Gasteiger partial charge in [0.05, 0.1) is 16.6 Å². The molecule has 1 atom stereocenters. The lowest BCUT2D eigenvalue weighted by atomic mass is 10.1. The van der Waals surface area contributed by atoms with Crippen molar-refractivity contribution < 1.29 is 19.2 Å². The zero-order valence-corrected chi connectivity index (χ0v) is 11.2. The molecule has 0 fully saturated rings. The van der Waals surface area contributed by atoms with E-state index in [1.54, 1.807) is 11.8 Å². The predicted octanol–water partition coefficient (Wildman–Crippen LogP) is 2.60. The molecule has 0 saturated heterocycles. The first kappa shape index (κ1) is 15.2. The van der Waals surface area contributed by atoms with Crippen molar-refractivity contribution in [1.82, 2.24) is 0 Å². The van der Waals surface area contributed by atoms with Gasteiger partial charge in [0.15, 0.2) is 0 Å². The van der Waals surface area contributed by atoms with Gasteiger partial charge in [-0.2, -0.15) is 11.8 Å². The maximum atomic E-state index is 13.4. The second kappa shape index (κ2) is 6.37. The Labute approximate surface area is 113 Å². The lowest BCUT2D eigenvalue weighted by Crippen LogP contribution is -2.14. The van der Waals surface area contributed by atoms with Crippen molar-refractivity contribution in [3.05, 3.63) is 33.6 Å². The average Bonchev–Trinajstić information content (AvgIpc) is 2.35. The van der Waals surface area contributed by atoms with E-state index in [-0.39, 0.29) is 10.9 Å². The van der Waals surface area contributed by atoms with E-state index in [4.69, 9.17) is 5.11 Å². The zero-order valence-electron chi connectivity index (χ0n) is 10.3. The minimum absolute atomic E-state index is 0.00435. The van der Waals surface area contributed by atoms with E-state index < -0.39 is 28.0 Å². The van der Waals surface area contributed by atoms with Gasteiger partial charge in [0, 0.05) is 11.8 Å². The molecule has 1 aromatic rings.